The first-order valence-electron chi connectivity index (χ1n) is 5.95. The molecule has 1 fully saturated rings. The molecule has 3 nitrogen and oxygen atoms in total. The van der Waals surface area contributed by atoms with Gasteiger partial charge in [-0.1, -0.05) is 28.8 Å². The van der Waals surface area contributed by atoms with E-state index in [-0.39, 0.29) is 11.9 Å². The number of hydrogen-bond donors (Lipinski definition) is 1. The second-order valence-corrected chi connectivity index (χ2v) is 5.20. The van der Waals surface area contributed by atoms with E-state index in [1.165, 1.54) is 0 Å². The minimum absolute atomic E-state index is 0.215. The van der Waals surface area contributed by atoms with Crippen LogP contribution in [0.15, 0.2) is 28.7 Å². The molecule has 2 rings (SSSR count). The minimum Gasteiger partial charge on any atom is -0.297 e. The predicted octanol–water partition coefficient (Wildman–Crippen LogP) is 3.69. The molecule has 0 aromatic heterocycles. The molecule has 0 bridgehead atoms. The molecule has 4 heteroatoms. The fourth-order valence-corrected chi connectivity index (χ4v) is 2.17. The molecule has 1 saturated carbocycles. The highest BCUT2D eigenvalue weighted by atomic mass is 79.9. The van der Waals surface area contributed by atoms with Crippen molar-refractivity contribution in [3.05, 3.63) is 28.7 Å². The highest BCUT2D eigenvalue weighted by Crippen LogP contribution is 2.19. The third-order valence-electron chi connectivity index (χ3n) is 2.91. The Labute approximate surface area is 110 Å². The average molecular weight is 298 g/mol. The summed E-state index contributed by atoms with van der Waals surface area (Å²) in [6.45, 7) is 0. The molecule has 92 valence electrons. The van der Waals surface area contributed by atoms with Crippen LogP contribution in [0.3, 0.4) is 0 Å². The molecule has 0 heterocycles. The molecule has 0 radical (unpaired) electrons. The number of hydrogen-bond acceptors (Lipinski definition) is 3. The maximum Gasteiger partial charge on any atom is 0.164 e. The zero-order valence-electron chi connectivity index (χ0n) is 9.62. The van der Waals surface area contributed by atoms with Gasteiger partial charge in [0, 0.05) is 10.9 Å². The molecule has 0 aliphatic heterocycles. The lowest BCUT2D eigenvalue weighted by molar-refractivity contribution is -0.128. The zero-order valence-corrected chi connectivity index (χ0v) is 11.2. The van der Waals surface area contributed by atoms with Crippen molar-refractivity contribution in [3.63, 3.8) is 0 Å². The summed E-state index contributed by atoms with van der Waals surface area (Å²) in [4.78, 5) is 17.2. The molecule has 0 saturated heterocycles. The number of ketones is 1. The maximum atomic E-state index is 11.7. The summed E-state index contributed by atoms with van der Waals surface area (Å²) in [5.41, 5.74) is 3.72. The number of rotatable bonds is 3. The summed E-state index contributed by atoms with van der Waals surface area (Å²) in [6.07, 6.45) is 4.37. The Morgan fingerprint density at radius 1 is 1.18 bits per heavy atom. The normalized spacial score (nSPS) is 21.0. The standard InChI is InChI=1S/C13H16BrNO2/c14-10-6-8-11(9-7-10)15-17-13-5-3-1-2-4-12(13)16/h6-9,13,15H,1-5H2. The molecule has 1 N–H and O–H groups in total. The quantitative estimate of drug-likeness (QED) is 0.683. The van der Waals surface area contributed by atoms with Crippen LogP contribution in [0.5, 0.6) is 0 Å². The lowest BCUT2D eigenvalue weighted by Gasteiger charge is -2.15. The van der Waals surface area contributed by atoms with Crippen molar-refractivity contribution in [2.45, 2.75) is 38.2 Å². The van der Waals surface area contributed by atoms with Crippen molar-refractivity contribution in [1.82, 2.24) is 0 Å². The fourth-order valence-electron chi connectivity index (χ4n) is 1.91. The minimum atomic E-state index is -0.291. The van der Waals surface area contributed by atoms with Crippen molar-refractivity contribution < 1.29 is 9.63 Å². The number of anilines is 1. The highest BCUT2D eigenvalue weighted by molar-refractivity contribution is 9.10. The van der Waals surface area contributed by atoms with Gasteiger partial charge in [-0.2, -0.15) is 0 Å². The second kappa shape index (κ2) is 6.17. The Morgan fingerprint density at radius 3 is 2.71 bits per heavy atom. The van der Waals surface area contributed by atoms with E-state index in [2.05, 4.69) is 21.4 Å². The van der Waals surface area contributed by atoms with E-state index >= 15 is 0 Å². The van der Waals surface area contributed by atoms with E-state index < -0.39 is 0 Å². The lowest BCUT2D eigenvalue weighted by atomic mass is 10.1. The molecule has 1 aliphatic rings. The van der Waals surface area contributed by atoms with Crippen molar-refractivity contribution in [2.75, 3.05) is 5.48 Å². The summed E-state index contributed by atoms with van der Waals surface area (Å²) < 4.78 is 1.02. The number of Topliss-reactive ketones (excluding diaryl/α,β-unsaturated/α-hetero) is 1. The van der Waals surface area contributed by atoms with Crippen LogP contribution in [0.2, 0.25) is 0 Å². The SMILES string of the molecule is O=C1CCCCCC1ONc1ccc(Br)cc1. The largest absolute Gasteiger partial charge is 0.297 e. The van der Waals surface area contributed by atoms with Crippen LogP contribution in [0.4, 0.5) is 5.69 Å². The zero-order chi connectivity index (χ0) is 12.1. The van der Waals surface area contributed by atoms with Gasteiger partial charge < -0.3 is 0 Å². The smallest absolute Gasteiger partial charge is 0.164 e. The summed E-state index contributed by atoms with van der Waals surface area (Å²) in [5, 5.41) is 0. The Kier molecular flexibility index (Phi) is 4.57. The maximum absolute atomic E-state index is 11.7. The van der Waals surface area contributed by atoms with Crippen LogP contribution >= 0.6 is 15.9 Å². The Bertz CT molecular complexity index is 378. The van der Waals surface area contributed by atoms with Gasteiger partial charge in [0.1, 0.15) is 6.10 Å². The highest BCUT2D eigenvalue weighted by Gasteiger charge is 2.21. The van der Waals surface area contributed by atoms with Crippen LogP contribution in [0.25, 0.3) is 0 Å². The van der Waals surface area contributed by atoms with Crippen LogP contribution in [0, 0.1) is 0 Å². The summed E-state index contributed by atoms with van der Waals surface area (Å²) >= 11 is 3.37. The Balaban J connectivity index is 1.88. The van der Waals surface area contributed by atoms with E-state index in [0.717, 1.165) is 35.8 Å². The number of carbonyl (C=O) groups excluding carboxylic acids is 1. The van der Waals surface area contributed by atoms with E-state index in [0.29, 0.717) is 6.42 Å². The third-order valence-corrected chi connectivity index (χ3v) is 3.44. The monoisotopic (exact) mass is 297 g/mol. The molecule has 1 aromatic carbocycles. The molecule has 1 aromatic rings. The first kappa shape index (κ1) is 12.6. The van der Waals surface area contributed by atoms with Gasteiger partial charge in [-0.3, -0.25) is 15.1 Å². The number of carbonyl (C=O) groups is 1. The van der Waals surface area contributed by atoms with Crippen molar-refractivity contribution in [3.8, 4) is 0 Å². The van der Waals surface area contributed by atoms with Gasteiger partial charge in [-0.15, -0.1) is 0 Å². The first-order chi connectivity index (χ1) is 8.25. The van der Waals surface area contributed by atoms with Gasteiger partial charge in [0.05, 0.1) is 5.69 Å². The second-order valence-electron chi connectivity index (χ2n) is 4.28. The van der Waals surface area contributed by atoms with Gasteiger partial charge in [0.25, 0.3) is 0 Å². The topological polar surface area (TPSA) is 38.3 Å². The lowest BCUT2D eigenvalue weighted by Crippen LogP contribution is -2.25. The number of benzene rings is 1. The van der Waals surface area contributed by atoms with Crippen LogP contribution in [-0.4, -0.2) is 11.9 Å². The molecular weight excluding hydrogens is 282 g/mol. The van der Waals surface area contributed by atoms with E-state index in [1.807, 2.05) is 24.3 Å². The molecule has 0 spiro atoms. The summed E-state index contributed by atoms with van der Waals surface area (Å²) in [6, 6.07) is 7.68. The third kappa shape index (κ3) is 3.82. The summed E-state index contributed by atoms with van der Waals surface area (Å²) in [7, 11) is 0. The van der Waals surface area contributed by atoms with Gasteiger partial charge in [-0.25, -0.2) is 0 Å². The first-order valence-corrected chi connectivity index (χ1v) is 6.75. The number of nitrogens with one attached hydrogen (secondary N) is 1. The van der Waals surface area contributed by atoms with E-state index in [9.17, 15) is 4.79 Å². The molecular formula is C13H16BrNO2. The van der Waals surface area contributed by atoms with Crippen molar-refractivity contribution in [2.24, 2.45) is 0 Å². The van der Waals surface area contributed by atoms with Crippen molar-refractivity contribution in [1.29, 1.82) is 0 Å². The predicted molar refractivity (Wildman–Crippen MR) is 70.7 cm³/mol. The van der Waals surface area contributed by atoms with Crippen LogP contribution in [-0.2, 0) is 9.63 Å². The average Bonchev–Trinajstić information content (AvgIpc) is 2.54. The summed E-state index contributed by atoms with van der Waals surface area (Å²) in [5.74, 6) is 0.215. The van der Waals surface area contributed by atoms with Gasteiger partial charge in [-0.05, 0) is 37.1 Å². The van der Waals surface area contributed by atoms with Gasteiger partial charge >= 0.3 is 0 Å². The molecule has 1 unspecified atom stereocenters. The van der Waals surface area contributed by atoms with Crippen LogP contribution < -0.4 is 5.48 Å². The molecule has 1 aliphatic carbocycles. The van der Waals surface area contributed by atoms with E-state index in [1.54, 1.807) is 0 Å². The number of halogens is 1. The van der Waals surface area contributed by atoms with Gasteiger partial charge in [0.2, 0.25) is 0 Å². The Hall–Kier alpha value is -0.870. The van der Waals surface area contributed by atoms with E-state index in [4.69, 9.17) is 4.84 Å². The van der Waals surface area contributed by atoms with Crippen molar-refractivity contribution >= 4 is 27.4 Å². The molecule has 17 heavy (non-hydrogen) atoms. The molecule has 0 amide bonds. The van der Waals surface area contributed by atoms with Gasteiger partial charge in [0.15, 0.2) is 5.78 Å². The molecule has 1 atom stereocenters. The Morgan fingerprint density at radius 2 is 1.94 bits per heavy atom. The van der Waals surface area contributed by atoms with Crippen LogP contribution in [0.1, 0.15) is 32.1 Å². The fraction of sp³-hybridized carbons (Fsp3) is 0.462.